The van der Waals surface area contributed by atoms with E-state index in [4.69, 9.17) is 14.2 Å². The van der Waals surface area contributed by atoms with Gasteiger partial charge in [-0.2, -0.15) is 0 Å². The zero-order chi connectivity index (χ0) is 40.5. The van der Waals surface area contributed by atoms with E-state index >= 15 is 0 Å². The molecule has 4 saturated carbocycles. The number of allylic oxidation sites excluding steroid dienone is 3. The molecule has 0 radical (unpaired) electrons. The number of carboxylic acids is 2. The Kier molecular flexibility index (Phi) is 11.1. The molecule has 1 saturated heterocycles. The highest BCUT2D eigenvalue weighted by atomic mass is 16.7. The summed E-state index contributed by atoms with van der Waals surface area (Å²) in [5, 5.41) is 22.3. The van der Waals surface area contributed by atoms with Gasteiger partial charge in [-0.05, 0) is 139 Å². The lowest BCUT2D eigenvalue weighted by molar-refractivity contribution is -0.300. The zero-order valence-electron chi connectivity index (χ0n) is 35.1. The predicted molar refractivity (Wildman–Crippen MR) is 209 cm³/mol. The van der Waals surface area contributed by atoms with E-state index < -0.39 is 40.6 Å². The topological polar surface area (TPSA) is 148 Å². The van der Waals surface area contributed by atoms with Crippen LogP contribution in [0.2, 0.25) is 0 Å². The van der Waals surface area contributed by atoms with Crippen LogP contribution in [-0.4, -0.2) is 64.7 Å². The molecule has 6 rings (SSSR count). The molecule has 3 unspecified atom stereocenters. The maximum atomic E-state index is 14.5. The van der Waals surface area contributed by atoms with Gasteiger partial charge in [0.2, 0.25) is 5.91 Å². The van der Waals surface area contributed by atoms with Crippen LogP contribution in [0.4, 0.5) is 0 Å². The van der Waals surface area contributed by atoms with E-state index in [1.54, 1.807) is 19.4 Å². The molecule has 1 aliphatic heterocycles. The molecule has 55 heavy (non-hydrogen) atoms. The third-order valence-electron chi connectivity index (χ3n) is 16.0. The Hall–Kier alpha value is -2.72. The Morgan fingerprint density at radius 2 is 1.62 bits per heavy atom. The van der Waals surface area contributed by atoms with E-state index in [0.29, 0.717) is 37.1 Å². The van der Waals surface area contributed by atoms with Gasteiger partial charge in [-0.25, -0.2) is 0 Å². The van der Waals surface area contributed by atoms with Crippen LogP contribution in [0.25, 0.3) is 0 Å². The molecule has 0 aromatic rings. The lowest BCUT2D eigenvalue weighted by atomic mass is 9.38. The summed E-state index contributed by atoms with van der Waals surface area (Å²) in [4.78, 5) is 50.8. The van der Waals surface area contributed by atoms with Gasteiger partial charge in [-0.15, -0.1) is 0 Å². The van der Waals surface area contributed by atoms with Gasteiger partial charge >= 0.3 is 17.9 Å². The van der Waals surface area contributed by atoms with Gasteiger partial charge in [0.05, 0.1) is 35.9 Å². The van der Waals surface area contributed by atoms with Crippen molar-refractivity contribution in [2.24, 2.45) is 56.7 Å². The van der Waals surface area contributed by atoms with E-state index in [1.807, 2.05) is 13.8 Å². The molecule has 0 aromatic heterocycles. The van der Waals surface area contributed by atoms with Crippen LogP contribution in [0.5, 0.6) is 0 Å². The van der Waals surface area contributed by atoms with Crippen molar-refractivity contribution in [3.05, 3.63) is 23.8 Å². The summed E-state index contributed by atoms with van der Waals surface area (Å²) in [6, 6.07) is 0. The number of aliphatic carboxylic acids is 2. The number of rotatable bonds is 11. The molecule has 11 atom stereocenters. The number of amides is 1. The molecule has 5 fully saturated rings. The highest BCUT2D eigenvalue weighted by molar-refractivity contribution is 5.84. The van der Waals surface area contributed by atoms with Crippen molar-refractivity contribution < 1.29 is 43.6 Å². The molecule has 3 N–H and O–H groups in total. The van der Waals surface area contributed by atoms with Crippen molar-refractivity contribution in [2.75, 3.05) is 6.54 Å². The first-order valence-electron chi connectivity index (χ1n) is 21.1. The lowest BCUT2D eigenvalue weighted by Crippen LogP contribution is -2.62. The summed E-state index contributed by atoms with van der Waals surface area (Å²) in [7, 11) is 0. The Labute approximate surface area is 329 Å². The molecule has 0 bridgehead atoms. The minimum absolute atomic E-state index is 0.0177. The van der Waals surface area contributed by atoms with Gasteiger partial charge in [0.1, 0.15) is 6.10 Å². The number of hydrogen-bond acceptors (Lipinski definition) is 7. The van der Waals surface area contributed by atoms with Gasteiger partial charge < -0.3 is 29.7 Å². The fourth-order valence-corrected chi connectivity index (χ4v) is 13.5. The Balaban J connectivity index is 1.19. The minimum atomic E-state index is -1.17. The van der Waals surface area contributed by atoms with Crippen LogP contribution in [-0.2, 0) is 33.4 Å². The molecule has 0 spiro atoms. The largest absolute Gasteiger partial charge is 0.481 e. The predicted octanol–water partition coefficient (Wildman–Crippen LogP) is 8.48. The summed E-state index contributed by atoms with van der Waals surface area (Å²) >= 11 is 0. The van der Waals surface area contributed by atoms with Crippen molar-refractivity contribution in [3.63, 3.8) is 0 Å². The standard InChI is InChI=1S/C45H69NO9/c1-26(2)29-13-20-45(38(50)46-22-17-27-23-28(24-35(47)48)55-42(7,8)54-27)21-14-31-30(37(29)45)11-12-33-43(31,9)18-15-32-41(5,6)34(16-19-44(32,33)10)53-36(49)25-40(3,4)39(51)52/h14,27-30,32-34,37H,1,11-13,15-25H2,2-10H3,(H,46,50)(H,47,48)(H,51,52)/t27?,28?,29-,30-,32-,33-,34?,37+,43-,44-,45-/m0/s1. The SMILES string of the molecule is C=C(C)[C@@H]1CC[C@]2(C(=O)NCCC3CC(CC(=O)O)OC(C)(C)O3)CC=C3[C@H](CC[C@@H]4[C@@]5(C)CCC(OC(=O)CC(C)(C)C(=O)O)C(C)(C)[C@@H]5CC[C@@]34C)[C@@H]12. The van der Waals surface area contributed by atoms with E-state index in [2.05, 4.69) is 52.6 Å². The third kappa shape index (κ3) is 7.45. The first-order valence-corrected chi connectivity index (χ1v) is 21.1. The van der Waals surface area contributed by atoms with Gasteiger partial charge in [0.25, 0.3) is 0 Å². The average molecular weight is 768 g/mol. The van der Waals surface area contributed by atoms with E-state index in [1.165, 1.54) is 5.57 Å². The molecular weight excluding hydrogens is 698 g/mol. The number of carbonyl (C=O) groups is 4. The molecule has 5 aliphatic carbocycles. The molecule has 10 heteroatoms. The highest BCUT2D eigenvalue weighted by Gasteiger charge is 2.67. The normalized spacial score (nSPS) is 40.3. The highest BCUT2D eigenvalue weighted by Crippen LogP contribution is 2.72. The first kappa shape index (κ1) is 41.9. The van der Waals surface area contributed by atoms with E-state index in [0.717, 1.165) is 57.8 Å². The van der Waals surface area contributed by atoms with Crippen molar-refractivity contribution in [1.82, 2.24) is 5.32 Å². The van der Waals surface area contributed by atoms with Crippen LogP contribution >= 0.6 is 0 Å². The Morgan fingerprint density at radius 3 is 2.27 bits per heavy atom. The van der Waals surface area contributed by atoms with Gasteiger partial charge in [0, 0.05) is 18.4 Å². The van der Waals surface area contributed by atoms with Crippen molar-refractivity contribution in [2.45, 2.75) is 170 Å². The number of fused-ring (bicyclic) bond motifs is 7. The molecule has 0 aromatic carbocycles. The van der Waals surface area contributed by atoms with Crippen molar-refractivity contribution in [3.8, 4) is 0 Å². The quantitative estimate of drug-likeness (QED) is 0.139. The first-order chi connectivity index (χ1) is 25.5. The summed E-state index contributed by atoms with van der Waals surface area (Å²) in [5.41, 5.74) is 0.914. The van der Waals surface area contributed by atoms with Crippen LogP contribution in [0.15, 0.2) is 23.8 Å². The van der Waals surface area contributed by atoms with Gasteiger partial charge in [0.15, 0.2) is 5.79 Å². The maximum absolute atomic E-state index is 14.5. The molecule has 10 nitrogen and oxygen atoms in total. The Bertz CT molecular complexity index is 1600. The van der Waals surface area contributed by atoms with Crippen LogP contribution in [0.1, 0.15) is 146 Å². The second-order valence-electron chi connectivity index (χ2n) is 20.8. The summed E-state index contributed by atoms with van der Waals surface area (Å²) in [5.74, 6) is -1.41. The van der Waals surface area contributed by atoms with E-state index in [9.17, 15) is 29.4 Å². The zero-order valence-corrected chi connectivity index (χ0v) is 35.1. The van der Waals surface area contributed by atoms with Gasteiger partial charge in [-0.3, -0.25) is 19.2 Å². The number of ether oxygens (including phenoxy) is 3. The second kappa shape index (κ2) is 14.6. The monoisotopic (exact) mass is 767 g/mol. The minimum Gasteiger partial charge on any atom is -0.481 e. The summed E-state index contributed by atoms with van der Waals surface area (Å²) in [6.07, 6.45) is 11.0. The molecule has 1 amide bonds. The van der Waals surface area contributed by atoms with E-state index in [-0.39, 0.29) is 59.0 Å². The molecule has 308 valence electrons. The van der Waals surface area contributed by atoms with Crippen LogP contribution in [0, 0.1) is 56.7 Å². The fraction of sp³-hybridized carbons (Fsp3) is 0.822. The molecule has 6 aliphatic rings. The third-order valence-corrected chi connectivity index (χ3v) is 16.0. The average Bonchev–Trinajstić information content (AvgIpc) is 3.46. The number of hydrogen-bond donors (Lipinski definition) is 3. The number of esters is 1. The van der Waals surface area contributed by atoms with Crippen LogP contribution < -0.4 is 5.32 Å². The lowest BCUT2D eigenvalue weighted by Gasteiger charge is -2.67. The summed E-state index contributed by atoms with van der Waals surface area (Å²) in [6.45, 7) is 23.4. The number of nitrogens with one attached hydrogen (secondary N) is 1. The summed E-state index contributed by atoms with van der Waals surface area (Å²) < 4.78 is 18.2. The smallest absolute Gasteiger partial charge is 0.309 e. The van der Waals surface area contributed by atoms with Crippen molar-refractivity contribution >= 4 is 23.8 Å². The van der Waals surface area contributed by atoms with Crippen LogP contribution in [0.3, 0.4) is 0 Å². The van der Waals surface area contributed by atoms with Gasteiger partial charge in [-0.1, -0.05) is 51.5 Å². The number of carbonyl (C=O) groups excluding carboxylic acids is 2. The number of carboxylic acid groups (broad SMARTS) is 2. The van der Waals surface area contributed by atoms with Crippen molar-refractivity contribution in [1.29, 1.82) is 0 Å². The molecule has 1 heterocycles. The molecular formula is C45H69NO9. The Morgan fingerprint density at radius 1 is 0.927 bits per heavy atom. The second-order valence-corrected chi connectivity index (χ2v) is 20.8. The maximum Gasteiger partial charge on any atom is 0.309 e. The fourth-order valence-electron chi connectivity index (χ4n) is 13.5.